The zero-order valence-corrected chi connectivity index (χ0v) is 16.6. The number of likely N-dealkylation sites (N-methyl/N-ethyl adjacent to an activating group) is 1. The van der Waals surface area contributed by atoms with Crippen molar-refractivity contribution in [3.8, 4) is 0 Å². The number of rotatable bonds is 6. The highest BCUT2D eigenvalue weighted by Gasteiger charge is 2.27. The Kier molecular flexibility index (Phi) is 7.28. The molecular weight excluding hydrogens is 356 g/mol. The summed E-state index contributed by atoms with van der Waals surface area (Å²) < 4.78 is 0. The predicted octanol–water partition coefficient (Wildman–Crippen LogP) is 2.37. The topological polar surface area (TPSA) is 90.5 Å². The predicted molar refractivity (Wildman–Crippen MR) is 109 cm³/mol. The fourth-order valence-corrected chi connectivity index (χ4v) is 2.99. The van der Waals surface area contributed by atoms with Gasteiger partial charge in [-0.1, -0.05) is 48.5 Å². The van der Waals surface area contributed by atoms with Crippen LogP contribution in [-0.2, 0) is 9.59 Å². The third-order valence-electron chi connectivity index (χ3n) is 4.41. The molecule has 0 bridgehead atoms. The molecule has 2 aromatic rings. The van der Waals surface area contributed by atoms with Crippen molar-refractivity contribution in [2.75, 3.05) is 26.0 Å². The Bertz CT molecular complexity index is 832. The molecule has 0 saturated carbocycles. The molecule has 7 heteroatoms. The number of nitrogens with one attached hydrogen (secondary N) is 3. The smallest absolute Gasteiger partial charge is 0.321 e. The highest BCUT2D eigenvalue weighted by Crippen LogP contribution is 2.21. The summed E-state index contributed by atoms with van der Waals surface area (Å²) in [4.78, 5) is 38.4. The lowest BCUT2D eigenvalue weighted by Crippen LogP contribution is -2.46. The van der Waals surface area contributed by atoms with Crippen molar-refractivity contribution in [3.63, 3.8) is 0 Å². The molecule has 28 heavy (non-hydrogen) atoms. The van der Waals surface area contributed by atoms with Crippen molar-refractivity contribution in [2.24, 2.45) is 0 Å². The average molecular weight is 382 g/mol. The highest BCUT2D eigenvalue weighted by atomic mass is 16.2. The van der Waals surface area contributed by atoms with Crippen LogP contribution in [0.15, 0.2) is 48.5 Å². The van der Waals surface area contributed by atoms with E-state index in [2.05, 4.69) is 16.0 Å². The summed E-state index contributed by atoms with van der Waals surface area (Å²) in [5.74, 6) is -0.749. The number of carbonyl (C=O) groups is 3. The second-order valence-electron chi connectivity index (χ2n) is 6.61. The van der Waals surface area contributed by atoms with Crippen molar-refractivity contribution in [1.29, 1.82) is 0 Å². The molecule has 3 N–H and O–H groups in total. The van der Waals surface area contributed by atoms with E-state index in [9.17, 15) is 14.4 Å². The highest BCUT2D eigenvalue weighted by molar-refractivity contribution is 5.98. The van der Waals surface area contributed by atoms with Crippen LogP contribution in [0, 0.1) is 13.8 Å². The van der Waals surface area contributed by atoms with Gasteiger partial charge in [-0.3, -0.25) is 19.8 Å². The fourth-order valence-electron chi connectivity index (χ4n) is 2.99. The monoisotopic (exact) mass is 382 g/mol. The number of carbonyl (C=O) groups excluding carboxylic acids is 3. The minimum Gasteiger partial charge on any atom is -0.341 e. The molecule has 0 radical (unpaired) electrons. The van der Waals surface area contributed by atoms with Gasteiger partial charge in [0.05, 0.1) is 6.54 Å². The number of aryl methyl sites for hydroxylation is 2. The Labute approximate surface area is 165 Å². The molecule has 148 valence electrons. The lowest BCUT2D eigenvalue weighted by atomic mass is 10.0. The molecule has 1 unspecified atom stereocenters. The first-order valence-electron chi connectivity index (χ1n) is 8.97. The van der Waals surface area contributed by atoms with Crippen molar-refractivity contribution in [3.05, 3.63) is 65.2 Å². The molecule has 4 amide bonds. The van der Waals surface area contributed by atoms with E-state index in [1.807, 2.05) is 38.1 Å². The van der Waals surface area contributed by atoms with Gasteiger partial charge in [-0.05, 0) is 37.6 Å². The summed E-state index contributed by atoms with van der Waals surface area (Å²) in [7, 11) is 3.10. The normalized spacial score (nSPS) is 11.6. The Morgan fingerprint density at radius 3 is 2.14 bits per heavy atom. The number of imide groups is 1. The zero-order chi connectivity index (χ0) is 20.7. The van der Waals surface area contributed by atoms with Gasteiger partial charge in [-0.15, -0.1) is 0 Å². The third kappa shape index (κ3) is 5.40. The number of hydrogen-bond acceptors (Lipinski definition) is 4. The van der Waals surface area contributed by atoms with E-state index in [-0.39, 0.29) is 12.5 Å². The first-order chi connectivity index (χ1) is 13.3. The summed E-state index contributed by atoms with van der Waals surface area (Å²) in [6.07, 6.45) is 0. The van der Waals surface area contributed by atoms with Gasteiger partial charge in [0, 0.05) is 12.7 Å². The van der Waals surface area contributed by atoms with Gasteiger partial charge in [-0.25, -0.2) is 4.79 Å². The average Bonchev–Trinajstić information content (AvgIpc) is 2.65. The molecule has 2 aromatic carbocycles. The Hall–Kier alpha value is -3.19. The number of anilines is 1. The number of hydrogen-bond donors (Lipinski definition) is 3. The molecule has 0 fully saturated rings. The standard InChI is InChI=1S/C21H26N4O3/c1-14-9-8-10-15(2)18(14)23-17(26)13-25(4)19(16-11-6-5-7-12-16)20(27)24-21(28)22-3/h5-12,19H,13H2,1-4H3,(H,23,26)(H2,22,24,27,28). The molecule has 0 saturated heterocycles. The largest absolute Gasteiger partial charge is 0.341 e. The van der Waals surface area contributed by atoms with Crippen LogP contribution in [0.25, 0.3) is 0 Å². The van der Waals surface area contributed by atoms with Crippen LogP contribution in [0.4, 0.5) is 10.5 Å². The maximum atomic E-state index is 12.7. The molecule has 0 aliphatic rings. The Balaban J connectivity index is 2.17. The maximum absolute atomic E-state index is 12.7. The van der Waals surface area contributed by atoms with Crippen LogP contribution >= 0.6 is 0 Å². The quantitative estimate of drug-likeness (QED) is 0.715. The van der Waals surface area contributed by atoms with Crippen molar-refractivity contribution in [1.82, 2.24) is 15.5 Å². The number of amides is 4. The summed E-state index contributed by atoms with van der Waals surface area (Å²) in [6, 6.07) is 13.4. The van der Waals surface area contributed by atoms with E-state index in [0.29, 0.717) is 5.56 Å². The lowest BCUT2D eigenvalue weighted by Gasteiger charge is -2.27. The van der Waals surface area contributed by atoms with Gasteiger partial charge >= 0.3 is 6.03 Å². The fraction of sp³-hybridized carbons (Fsp3) is 0.286. The van der Waals surface area contributed by atoms with Gasteiger partial charge in [0.15, 0.2) is 0 Å². The maximum Gasteiger partial charge on any atom is 0.321 e. The molecule has 0 aliphatic heterocycles. The molecule has 0 heterocycles. The molecule has 2 rings (SSSR count). The van der Waals surface area contributed by atoms with Crippen LogP contribution in [0.3, 0.4) is 0 Å². The number of urea groups is 1. The lowest BCUT2D eigenvalue weighted by molar-refractivity contribution is -0.126. The van der Waals surface area contributed by atoms with Crippen LogP contribution < -0.4 is 16.0 Å². The molecule has 0 aromatic heterocycles. The van der Waals surface area contributed by atoms with Crippen LogP contribution in [0.1, 0.15) is 22.7 Å². The van der Waals surface area contributed by atoms with Crippen molar-refractivity contribution >= 4 is 23.5 Å². The minimum atomic E-state index is -0.790. The number of para-hydroxylation sites is 1. The molecule has 7 nitrogen and oxygen atoms in total. The van der Waals surface area contributed by atoms with Crippen molar-refractivity contribution in [2.45, 2.75) is 19.9 Å². The van der Waals surface area contributed by atoms with Gasteiger partial charge in [0.25, 0.3) is 0 Å². The number of nitrogens with zero attached hydrogens (tertiary/aromatic N) is 1. The second kappa shape index (κ2) is 9.66. The van der Waals surface area contributed by atoms with Gasteiger partial charge in [0.1, 0.15) is 6.04 Å². The first-order valence-corrected chi connectivity index (χ1v) is 8.97. The zero-order valence-electron chi connectivity index (χ0n) is 16.6. The van der Waals surface area contributed by atoms with E-state index in [0.717, 1.165) is 16.8 Å². The summed E-state index contributed by atoms with van der Waals surface area (Å²) >= 11 is 0. The van der Waals surface area contributed by atoms with E-state index in [1.165, 1.54) is 7.05 Å². The van der Waals surface area contributed by atoms with Crippen LogP contribution in [0.5, 0.6) is 0 Å². The van der Waals surface area contributed by atoms with E-state index < -0.39 is 18.0 Å². The van der Waals surface area contributed by atoms with Crippen LogP contribution in [-0.4, -0.2) is 43.4 Å². The van der Waals surface area contributed by atoms with Crippen molar-refractivity contribution < 1.29 is 14.4 Å². The van der Waals surface area contributed by atoms with E-state index in [4.69, 9.17) is 0 Å². The summed E-state index contributed by atoms with van der Waals surface area (Å²) in [5.41, 5.74) is 3.39. The molecular formula is C21H26N4O3. The molecule has 1 atom stereocenters. The first kappa shape index (κ1) is 21.1. The van der Waals surface area contributed by atoms with Gasteiger partial charge in [0.2, 0.25) is 11.8 Å². The Morgan fingerprint density at radius 1 is 0.964 bits per heavy atom. The Morgan fingerprint density at radius 2 is 1.57 bits per heavy atom. The SMILES string of the molecule is CNC(=O)NC(=O)C(c1ccccc1)N(C)CC(=O)Nc1c(C)cccc1C. The summed E-state index contributed by atoms with van der Waals surface area (Å²) in [5, 5.41) is 7.56. The van der Waals surface area contributed by atoms with E-state index >= 15 is 0 Å². The second-order valence-corrected chi connectivity index (χ2v) is 6.61. The minimum absolute atomic E-state index is 0.0193. The summed E-state index contributed by atoms with van der Waals surface area (Å²) in [6.45, 7) is 3.83. The van der Waals surface area contributed by atoms with Gasteiger partial charge in [-0.2, -0.15) is 0 Å². The molecule has 0 spiro atoms. The molecule has 0 aliphatic carbocycles. The number of benzene rings is 2. The van der Waals surface area contributed by atoms with E-state index in [1.54, 1.807) is 36.2 Å². The van der Waals surface area contributed by atoms with Gasteiger partial charge < -0.3 is 10.6 Å². The third-order valence-corrected chi connectivity index (χ3v) is 4.41. The van der Waals surface area contributed by atoms with Crippen LogP contribution in [0.2, 0.25) is 0 Å².